The minimum atomic E-state index is -0.946. The first-order chi connectivity index (χ1) is 14.1. The maximum Gasteiger partial charge on any atom is 0.306 e. The van der Waals surface area contributed by atoms with E-state index in [1.807, 2.05) is 24.3 Å². The monoisotopic (exact) mass is 400 g/mol. The van der Waals surface area contributed by atoms with Gasteiger partial charge in [-0.15, -0.1) is 0 Å². The van der Waals surface area contributed by atoms with Crippen molar-refractivity contribution in [1.82, 2.24) is 0 Å². The Bertz CT molecular complexity index is 841. The Morgan fingerprint density at radius 2 is 1.76 bits per heavy atom. The van der Waals surface area contributed by atoms with Crippen LogP contribution in [0.3, 0.4) is 0 Å². The molecule has 0 spiro atoms. The normalized spacial score (nSPS) is 10.7. The van der Waals surface area contributed by atoms with Gasteiger partial charge < -0.3 is 24.1 Å². The van der Waals surface area contributed by atoms with Gasteiger partial charge in [-0.05, 0) is 35.4 Å². The summed E-state index contributed by atoms with van der Waals surface area (Å²) in [6, 6.07) is 10.9. The van der Waals surface area contributed by atoms with E-state index >= 15 is 0 Å². The van der Waals surface area contributed by atoms with Gasteiger partial charge in [-0.3, -0.25) is 9.59 Å². The number of carbonyl (C=O) groups is 2. The summed E-state index contributed by atoms with van der Waals surface area (Å²) in [7, 11) is 3.12. The molecule has 2 rings (SSSR count). The average Bonchev–Trinajstić information content (AvgIpc) is 2.72. The Labute approximate surface area is 169 Å². The number of hydrogen-bond acceptors (Lipinski definition) is 6. The summed E-state index contributed by atoms with van der Waals surface area (Å²) in [6.45, 7) is 0.951. The number of ether oxygens (including phenoxy) is 4. The topological polar surface area (TPSA) is 91.3 Å². The lowest BCUT2D eigenvalue weighted by atomic mass is 9.97. The predicted octanol–water partition coefficient (Wildman–Crippen LogP) is 3.45. The molecule has 29 heavy (non-hydrogen) atoms. The standard InChI is InChI=1S/C22H24O7/c1-26-14-15-28-18-8-5-17(6-9-18)21-16(4-3-12-23)7-10-19(22(21)27-2)29-13-11-20(24)25/h3-10,12H,11,13-15H2,1-2H3,(H,24,25). The lowest BCUT2D eigenvalue weighted by molar-refractivity contribution is -0.137. The Morgan fingerprint density at radius 3 is 2.38 bits per heavy atom. The summed E-state index contributed by atoms with van der Waals surface area (Å²) in [5.41, 5.74) is 2.31. The predicted molar refractivity (Wildman–Crippen MR) is 109 cm³/mol. The highest BCUT2D eigenvalue weighted by atomic mass is 16.5. The smallest absolute Gasteiger partial charge is 0.306 e. The van der Waals surface area contributed by atoms with Crippen molar-refractivity contribution < 1.29 is 33.6 Å². The number of methoxy groups -OCH3 is 2. The van der Waals surface area contributed by atoms with Gasteiger partial charge in [-0.1, -0.05) is 24.3 Å². The van der Waals surface area contributed by atoms with Crippen LogP contribution in [-0.2, 0) is 14.3 Å². The second kappa shape index (κ2) is 11.5. The molecular weight excluding hydrogens is 376 g/mol. The summed E-state index contributed by atoms with van der Waals surface area (Å²) in [5.74, 6) is 0.631. The summed E-state index contributed by atoms with van der Waals surface area (Å²) in [6.07, 6.45) is 3.64. The van der Waals surface area contributed by atoms with E-state index in [-0.39, 0.29) is 13.0 Å². The van der Waals surface area contributed by atoms with Crippen LogP contribution in [0.1, 0.15) is 12.0 Å². The Balaban J connectivity index is 2.40. The number of carboxylic acid groups (broad SMARTS) is 1. The summed E-state index contributed by atoms with van der Waals surface area (Å²) in [5, 5.41) is 8.82. The van der Waals surface area contributed by atoms with Gasteiger partial charge in [0.15, 0.2) is 11.5 Å². The Hall–Kier alpha value is -3.32. The van der Waals surface area contributed by atoms with Gasteiger partial charge in [-0.25, -0.2) is 0 Å². The number of carboxylic acids is 1. The number of aldehydes is 1. The zero-order chi connectivity index (χ0) is 21.1. The Kier molecular flexibility index (Phi) is 8.72. The highest BCUT2D eigenvalue weighted by Gasteiger charge is 2.16. The minimum absolute atomic E-state index is 0.0148. The number of benzene rings is 2. The minimum Gasteiger partial charge on any atom is -0.492 e. The summed E-state index contributed by atoms with van der Waals surface area (Å²) < 4.78 is 21.8. The highest BCUT2D eigenvalue weighted by Crippen LogP contribution is 2.41. The SMILES string of the molecule is COCCOc1ccc(-c2c(C=CC=O)ccc(OCCC(=O)O)c2OC)cc1. The van der Waals surface area contributed by atoms with E-state index in [9.17, 15) is 9.59 Å². The molecule has 0 aliphatic heterocycles. The largest absolute Gasteiger partial charge is 0.492 e. The van der Waals surface area contributed by atoms with Gasteiger partial charge in [0, 0.05) is 12.7 Å². The van der Waals surface area contributed by atoms with Crippen LogP contribution in [0.25, 0.3) is 17.2 Å². The molecule has 0 amide bonds. The van der Waals surface area contributed by atoms with Crippen molar-refractivity contribution in [3.8, 4) is 28.4 Å². The molecule has 0 radical (unpaired) electrons. The molecule has 7 nitrogen and oxygen atoms in total. The number of allylic oxidation sites excluding steroid dienone is 1. The highest BCUT2D eigenvalue weighted by molar-refractivity contribution is 5.86. The molecule has 0 bridgehead atoms. The van der Waals surface area contributed by atoms with E-state index in [0.29, 0.717) is 36.7 Å². The molecule has 154 valence electrons. The molecule has 0 atom stereocenters. The van der Waals surface area contributed by atoms with Crippen LogP contribution in [0.4, 0.5) is 0 Å². The van der Waals surface area contributed by atoms with E-state index in [1.165, 1.54) is 13.2 Å². The zero-order valence-corrected chi connectivity index (χ0v) is 16.4. The van der Waals surface area contributed by atoms with E-state index < -0.39 is 5.97 Å². The van der Waals surface area contributed by atoms with Crippen molar-refractivity contribution >= 4 is 18.3 Å². The molecule has 0 unspecified atom stereocenters. The van der Waals surface area contributed by atoms with Crippen LogP contribution in [-0.4, -0.2) is 51.4 Å². The van der Waals surface area contributed by atoms with Crippen LogP contribution in [0.15, 0.2) is 42.5 Å². The maximum atomic E-state index is 10.8. The van der Waals surface area contributed by atoms with Crippen molar-refractivity contribution in [2.75, 3.05) is 34.0 Å². The van der Waals surface area contributed by atoms with E-state index in [4.69, 9.17) is 24.1 Å². The molecule has 0 aliphatic carbocycles. The van der Waals surface area contributed by atoms with Crippen molar-refractivity contribution in [2.45, 2.75) is 6.42 Å². The second-order valence-corrected chi connectivity index (χ2v) is 5.91. The van der Waals surface area contributed by atoms with Crippen LogP contribution >= 0.6 is 0 Å². The van der Waals surface area contributed by atoms with E-state index in [1.54, 1.807) is 25.3 Å². The second-order valence-electron chi connectivity index (χ2n) is 5.91. The van der Waals surface area contributed by atoms with E-state index in [2.05, 4.69) is 0 Å². The lowest BCUT2D eigenvalue weighted by Crippen LogP contribution is -2.06. The zero-order valence-electron chi connectivity index (χ0n) is 16.4. The molecule has 1 N–H and O–H groups in total. The van der Waals surface area contributed by atoms with Gasteiger partial charge >= 0.3 is 5.97 Å². The molecule has 0 saturated heterocycles. The number of hydrogen-bond donors (Lipinski definition) is 1. The van der Waals surface area contributed by atoms with Crippen LogP contribution in [0, 0.1) is 0 Å². The van der Waals surface area contributed by atoms with Gasteiger partial charge in [0.1, 0.15) is 18.6 Å². The van der Waals surface area contributed by atoms with Gasteiger partial charge in [-0.2, -0.15) is 0 Å². The van der Waals surface area contributed by atoms with Gasteiger partial charge in [0.2, 0.25) is 0 Å². The molecule has 2 aromatic rings. The van der Waals surface area contributed by atoms with Crippen LogP contribution in [0.5, 0.6) is 17.2 Å². The molecular formula is C22H24O7. The van der Waals surface area contributed by atoms with Crippen molar-refractivity contribution in [2.24, 2.45) is 0 Å². The molecule has 2 aromatic carbocycles. The van der Waals surface area contributed by atoms with Crippen LogP contribution < -0.4 is 14.2 Å². The van der Waals surface area contributed by atoms with E-state index in [0.717, 1.165) is 16.7 Å². The number of rotatable bonds is 12. The maximum absolute atomic E-state index is 10.8. The summed E-state index contributed by atoms with van der Waals surface area (Å²) in [4.78, 5) is 21.6. The number of aliphatic carboxylic acids is 1. The lowest BCUT2D eigenvalue weighted by Gasteiger charge is -2.17. The average molecular weight is 400 g/mol. The third kappa shape index (κ3) is 6.36. The Morgan fingerprint density at radius 1 is 1.00 bits per heavy atom. The first kappa shape index (κ1) is 22.0. The van der Waals surface area contributed by atoms with Gasteiger partial charge in [0.25, 0.3) is 0 Å². The quantitative estimate of drug-likeness (QED) is 0.331. The first-order valence-corrected chi connectivity index (χ1v) is 9.00. The van der Waals surface area contributed by atoms with Crippen molar-refractivity contribution in [3.63, 3.8) is 0 Å². The summed E-state index contributed by atoms with van der Waals surface area (Å²) >= 11 is 0. The van der Waals surface area contributed by atoms with Crippen molar-refractivity contribution in [3.05, 3.63) is 48.0 Å². The van der Waals surface area contributed by atoms with Gasteiger partial charge in [0.05, 0.1) is 26.7 Å². The fourth-order valence-corrected chi connectivity index (χ4v) is 2.68. The first-order valence-electron chi connectivity index (χ1n) is 9.00. The third-order valence-corrected chi connectivity index (χ3v) is 3.98. The third-order valence-electron chi connectivity index (χ3n) is 3.98. The fourth-order valence-electron chi connectivity index (χ4n) is 2.68. The molecule has 0 fully saturated rings. The molecule has 0 heterocycles. The number of carbonyl (C=O) groups excluding carboxylic acids is 1. The van der Waals surface area contributed by atoms with Crippen molar-refractivity contribution in [1.29, 1.82) is 0 Å². The molecule has 0 aliphatic rings. The fraction of sp³-hybridized carbons (Fsp3) is 0.273. The van der Waals surface area contributed by atoms with Crippen LogP contribution in [0.2, 0.25) is 0 Å². The molecule has 7 heteroatoms. The molecule has 0 saturated carbocycles. The molecule has 0 aromatic heterocycles.